The quantitative estimate of drug-likeness (QED) is 0.610. The minimum atomic E-state index is -0.735. The van der Waals surface area contributed by atoms with Gasteiger partial charge in [-0.2, -0.15) is 0 Å². The number of hydrogen-bond donors (Lipinski definition) is 2. The van der Waals surface area contributed by atoms with E-state index in [2.05, 4.69) is 0 Å². The summed E-state index contributed by atoms with van der Waals surface area (Å²) in [5.74, 6) is 0.944. The zero-order valence-electron chi connectivity index (χ0n) is 9.45. The summed E-state index contributed by atoms with van der Waals surface area (Å²) in [6.07, 6.45) is 1.65. The van der Waals surface area contributed by atoms with Gasteiger partial charge in [0.2, 0.25) is 0 Å². The highest BCUT2D eigenvalue weighted by Gasteiger charge is 2.16. The average molecular weight is 260 g/mol. The van der Waals surface area contributed by atoms with Crippen LogP contribution in [0.4, 0.5) is 0 Å². The Hall–Kier alpha value is -0.220. The van der Waals surface area contributed by atoms with E-state index < -0.39 is 5.60 Å². The lowest BCUT2D eigenvalue weighted by Crippen LogP contribution is -2.34. The Morgan fingerprint density at radius 3 is 2.75 bits per heavy atom. The van der Waals surface area contributed by atoms with Crippen LogP contribution in [0.25, 0.3) is 0 Å². The maximum absolute atomic E-state index is 9.71. The highest BCUT2D eigenvalue weighted by atomic mass is 35.5. The van der Waals surface area contributed by atoms with Gasteiger partial charge in [-0.3, -0.25) is 0 Å². The van der Waals surface area contributed by atoms with Crippen LogP contribution in [0.1, 0.15) is 19.8 Å². The van der Waals surface area contributed by atoms with Crippen LogP contribution in [-0.4, -0.2) is 23.0 Å². The number of aliphatic hydroxyl groups is 1. The lowest BCUT2D eigenvalue weighted by Gasteiger charge is -2.20. The molecule has 0 aromatic heterocycles. The topological polar surface area (TPSA) is 46.2 Å². The number of halogens is 1. The average Bonchev–Trinajstić information content (AvgIpc) is 2.27. The summed E-state index contributed by atoms with van der Waals surface area (Å²) in [4.78, 5) is 1.09. The lowest BCUT2D eigenvalue weighted by molar-refractivity contribution is 0.0596. The molecule has 0 aliphatic heterocycles. The Morgan fingerprint density at radius 1 is 1.44 bits per heavy atom. The zero-order valence-corrected chi connectivity index (χ0v) is 11.0. The van der Waals surface area contributed by atoms with Crippen LogP contribution >= 0.6 is 23.4 Å². The van der Waals surface area contributed by atoms with E-state index in [-0.39, 0.29) is 0 Å². The van der Waals surface area contributed by atoms with Crippen molar-refractivity contribution in [1.82, 2.24) is 0 Å². The summed E-state index contributed by atoms with van der Waals surface area (Å²) in [6.45, 7) is 2.08. The monoisotopic (exact) mass is 259 g/mol. The Balaban J connectivity index is 2.29. The Kier molecular flexibility index (Phi) is 5.62. The maximum atomic E-state index is 9.71. The molecule has 0 saturated carbocycles. The van der Waals surface area contributed by atoms with Crippen LogP contribution in [-0.2, 0) is 0 Å². The molecule has 4 heteroatoms. The summed E-state index contributed by atoms with van der Waals surface area (Å²) in [5.41, 5.74) is 4.71. The van der Waals surface area contributed by atoms with Gasteiger partial charge in [0, 0.05) is 11.4 Å². The molecule has 1 aromatic carbocycles. The van der Waals surface area contributed by atoms with E-state index in [1.165, 1.54) is 0 Å². The first kappa shape index (κ1) is 13.8. The van der Waals surface area contributed by atoms with Crippen LogP contribution in [0.15, 0.2) is 29.2 Å². The van der Waals surface area contributed by atoms with Gasteiger partial charge in [-0.05, 0) is 37.7 Å². The molecule has 1 rings (SSSR count). The van der Waals surface area contributed by atoms with Crippen molar-refractivity contribution in [3.8, 4) is 0 Å². The van der Waals surface area contributed by atoms with Crippen LogP contribution in [0.3, 0.4) is 0 Å². The summed E-state index contributed by atoms with van der Waals surface area (Å²) in [5, 5.41) is 10.5. The largest absolute Gasteiger partial charge is 0.389 e. The summed E-state index contributed by atoms with van der Waals surface area (Å²) in [7, 11) is 0. The molecule has 0 amide bonds. The SMILES string of the molecule is CC(O)(CN)CCCSc1ccccc1Cl. The Labute approximate surface area is 106 Å². The molecular weight excluding hydrogens is 242 g/mol. The molecule has 1 aromatic rings. The fourth-order valence-electron chi connectivity index (χ4n) is 1.30. The fraction of sp³-hybridized carbons (Fsp3) is 0.500. The van der Waals surface area contributed by atoms with Crippen molar-refractivity contribution in [3.63, 3.8) is 0 Å². The van der Waals surface area contributed by atoms with E-state index in [9.17, 15) is 5.11 Å². The molecule has 3 N–H and O–H groups in total. The maximum Gasteiger partial charge on any atom is 0.0741 e. The third kappa shape index (κ3) is 4.74. The first-order valence-electron chi connectivity index (χ1n) is 5.35. The molecule has 0 fully saturated rings. The second-order valence-electron chi connectivity index (χ2n) is 4.08. The fourth-order valence-corrected chi connectivity index (χ4v) is 2.49. The van der Waals surface area contributed by atoms with E-state index in [0.29, 0.717) is 6.54 Å². The summed E-state index contributed by atoms with van der Waals surface area (Å²) < 4.78 is 0. The van der Waals surface area contributed by atoms with Gasteiger partial charge in [-0.15, -0.1) is 11.8 Å². The molecule has 0 radical (unpaired) electrons. The molecule has 0 spiro atoms. The summed E-state index contributed by atoms with van der Waals surface area (Å²) >= 11 is 7.74. The number of thioether (sulfide) groups is 1. The van der Waals surface area contributed by atoms with Crippen molar-refractivity contribution < 1.29 is 5.11 Å². The first-order chi connectivity index (χ1) is 7.55. The van der Waals surface area contributed by atoms with E-state index in [1.807, 2.05) is 24.3 Å². The normalized spacial score (nSPS) is 14.8. The van der Waals surface area contributed by atoms with Crippen LogP contribution in [0, 0.1) is 0 Å². The first-order valence-corrected chi connectivity index (χ1v) is 6.71. The Morgan fingerprint density at radius 2 is 2.12 bits per heavy atom. The van der Waals surface area contributed by atoms with Crippen molar-refractivity contribution in [2.24, 2.45) is 5.73 Å². The van der Waals surface area contributed by atoms with E-state index in [1.54, 1.807) is 18.7 Å². The third-order valence-corrected chi connectivity index (χ3v) is 4.00. The van der Waals surface area contributed by atoms with E-state index in [0.717, 1.165) is 28.5 Å². The van der Waals surface area contributed by atoms with Gasteiger partial charge in [0.05, 0.1) is 10.6 Å². The van der Waals surface area contributed by atoms with Crippen LogP contribution < -0.4 is 5.73 Å². The van der Waals surface area contributed by atoms with Gasteiger partial charge in [0.1, 0.15) is 0 Å². The number of benzene rings is 1. The van der Waals surface area contributed by atoms with Crippen molar-refractivity contribution in [2.45, 2.75) is 30.3 Å². The molecule has 0 aliphatic carbocycles. The van der Waals surface area contributed by atoms with Gasteiger partial charge in [-0.25, -0.2) is 0 Å². The summed E-state index contributed by atoms with van der Waals surface area (Å²) in [6, 6.07) is 7.80. The van der Waals surface area contributed by atoms with Crippen LogP contribution in [0.5, 0.6) is 0 Å². The molecule has 0 bridgehead atoms. The molecule has 1 unspecified atom stereocenters. The van der Waals surface area contributed by atoms with Crippen molar-refractivity contribution in [3.05, 3.63) is 29.3 Å². The second kappa shape index (κ2) is 6.50. The van der Waals surface area contributed by atoms with Crippen LogP contribution in [0.2, 0.25) is 5.02 Å². The number of hydrogen-bond acceptors (Lipinski definition) is 3. The van der Waals surface area contributed by atoms with Crippen molar-refractivity contribution in [2.75, 3.05) is 12.3 Å². The third-order valence-electron chi connectivity index (χ3n) is 2.39. The minimum absolute atomic E-state index is 0.309. The standard InChI is InChI=1S/C12H18ClNOS/c1-12(15,9-14)7-4-8-16-11-6-3-2-5-10(11)13/h2-3,5-6,15H,4,7-9,14H2,1H3. The molecule has 2 nitrogen and oxygen atoms in total. The molecule has 1 atom stereocenters. The second-order valence-corrected chi connectivity index (χ2v) is 5.63. The molecule has 0 heterocycles. The molecule has 16 heavy (non-hydrogen) atoms. The van der Waals surface area contributed by atoms with E-state index in [4.69, 9.17) is 17.3 Å². The van der Waals surface area contributed by atoms with Gasteiger partial charge >= 0.3 is 0 Å². The van der Waals surface area contributed by atoms with Crippen molar-refractivity contribution >= 4 is 23.4 Å². The zero-order chi connectivity index (χ0) is 12.0. The predicted octanol–water partition coefficient (Wildman–Crippen LogP) is 2.92. The van der Waals surface area contributed by atoms with Gasteiger partial charge in [0.25, 0.3) is 0 Å². The number of rotatable bonds is 6. The molecule has 0 aliphatic rings. The molecule has 0 saturated heterocycles. The van der Waals surface area contributed by atoms with Crippen molar-refractivity contribution in [1.29, 1.82) is 0 Å². The highest BCUT2D eigenvalue weighted by molar-refractivity contribution is 7.99. The van der Waals surface area contributed by atoms with E-state index >= 15 is 0 Å². The van der Waals surface area contributed by atoms with Gasteiger partial charge in [-0.1, -0.05) is 23.7 Å². The van der Waals surface area contributed by atoms with Gasteiger partial charge < -0.3 is 10.8 Å². The molecular formula is C12H18ClNOS. The smallest absolute Gasteiger partial charge is 0.0741 e. The van der Waals surface area contributed by atoms with Gasteiger partial charge in [0.15, 0.2) is 0 Å². The lowest BCUT2D eigenvalue weighted by atomic mass is 10.0. The number of nitrogens with two attached hydrogens (primary N) is 1. The highest BCUT2D eigenvalue weighted by Crippen LogP contribution is 2.27. The Bertz CT molecular complexity index is 331. The minimum Gasteiger partial charge on any atom is -0.389 e. The molecule has 90 valence electrons. The predicted molar refractivity (Wildman–Crippen MR) is 71.1 cm³/mol.